The van der Waals surface area contributed by atoms with Gasteiger partial charge >= 0.3 is 0 Å². The van der Waals surface area contributed by atoms with Gasteiger partial charge in [-0.3, -0.25) is 4.90 Å². The average molecular weight is 413 g/mol. The van der Waals surface area contributed by atoms with E-state index in [0.29, 0.717) is 12.3 Å². The number of aryl methyl sites for hydroxylation is 2. The number of aromatic nitrogens is 2. The van der Waals surface area contributed by atoms with E-state index in [2.05, 4.69) is 10.2 Å². The molecule has 1 aliphatic carbocycles. The predicted molar refractivity (Wildman–Crippen MR) is 113 cm³/mol. The summed E-state index contributed by atoms with van der Waals surface area (Å²) >= 11 is 1.79. The molecule has 0 atom stereocenters. The summed E-state index contributed by atoms with van der Waals surface area (Å²) in [5.74, 6) is 2.20. The Labute approximate surface area is 173 Å². The van der Waals surface area contributed by atoms with E-state index in [-0.39, 0.29) is 5.75 Å². The summed E-state index contributed by atoms with van der Waals surface area (Å²) in [6.07, 6.45) is 3.39. The number of fused-ring (bicyclic) bond motifs is 3. The fraction of sp³-hybridized carbons (Fsp3) is 0.429. The number of hydrogen-bond donors (Lipinski definition) is 2. The molecule has 29 heavy (non-hydrogen) atoms. The first-order valence-electron chi connectivity index (χ1n) is 9.96. The van der Waals surface area contributed by atoms with E-state index in [0.717, 1.165) is 66.7 Å². The molecule has 0 amide bonds. The van der Waals surface area contributed by atoms with Crippen molar-refractivity contribution in [2.24, 2.45) is 0 Å². The summed E-state index contributed by atoms with van der Waals surface area (Å²) in [6, 6.07) is 5.31. The van der Waals surface area contributed by atoms with Crippen LogP contribution in [0.4, 0.5) is 11.5 Å². The van der Waals surface area contributed by atoms with Gasteiger partial charge in [-0.2, -0.15) is 0 Å². The van der Waals surface area contributed by atoms with Gasteiger partial charge in [-0.15, -0.1) is 11.3 Å². The van der Waals surface area contributed by atoms with Crippen LogP contribution in [-0.4, -0.2) is 53.4 Å². The second kappa shape index (κ2) is 7.78. The van der Waals surface area contributed by atoms with Crippen LogP contribution in [0.2, 0.25) is 0 Å². The second-order valence-corrected chi connectivity index (χ2v) is 8.51. The first-order valence-corrected chi connectivity index (χ1v) is 10.8. The fourth-order valence-electron chi connectivity index (χ4n) is 4.06. The summed E-state index contributed by atoms with van der Waals surface area (Å²) in [5.41, 5.74) is 2.15. The molecule has 3 aromatic rings. The van der Waals surface area contributed by atoms with E-state index >= 15 is 0 Å². The molecule has 1 aromatic carbocycles. The smallest absolute Gasteiger partial charge is 0.160 e. The summed E-state index contributed by atoms with van der Waals surface area (Å²) in [5, 5.41) is 14.7. The van der Waals surface area contributed by atoms with Gasteiger partial charge in [-0.1, -0.05) is 0 Å². The number of nitrogens with zero attached hydrogens (tertiary/aromatic N) is 3. The van der Waals surface area contributed by atoms with Crippen LogP contribution in [0, 0.1) is 0 Å². The minimum Gasteiger partial charge on any atom is -0.504 e. The van der Waals surface area contributed by atoms with E-state index < -0.39 is 0 Å². The molecule has 2 aliphatic rings. The highest BCUT2D eigenvalue weighted by Crippen LogP contribution is 2.41. The lowest BCUT2D eigenvalue weighted by molar-refractivity contribution is 0.0331. The first kappa shape index (κ1) is 18.6. The van der Waals surface area contributed by atoms with Gasteiger partial charge in [-0.05, 0) is 37.0 Å². The Morgan fingerprint density at radius 2 is 2.10 bits per heavy atom. The number of phenolic OH excluding ortho intramolecular Hbond substituents is 1. The van der Waals surface area contributed by atoms with E-state index in [1.54, 1.807) is 30.6 Å². The predicted octanol–water partition coefficient (Wildman–Crippen LogP) is 3.47. The standard InChI is InChI=1S/C21H24N4O3S/c1-27-16-6-5-13(11-15(16)26)22-20-19-14-3-2-4-17(14)29-21(19)24-18(23-20)12-25-7-9-28-10-8-25/h5-6,11,26H,2-4,7-10,12H2,1H3,(H,22,23,24). The molecule has 7 nitrogen and oxygen atoms in total. The lowest BCUT2D eigenvalue weighted by Crippen LogP contribution is -2.36. The van der Waals surface area contributed by atoms with Crippen molar-refractivity contribution in [3.8, 4) is 11.5 Å². The number of benzene rings is 1. The zero-order valence-corrected chi connectivity index (χ0v) is 17.2. The maximum atomic E-state index is 10.2. The monoisotopic (exact) mass is 412 g/mol. The van der Waals surface area contributed by atoms with Crippen LogP contribution in [0.25, 0.3) is 10.2 Å². The third-order valence-electron chi connectivity index (χ3n) is 5.52. The Hall–Kier alpha value is -2.42. The van der Waals surface area contributed by atoms with Gasteiger partial charge in [0.25, 0.3) is 0 Å². The zero-order valence-electron chi connectivity index (χ0n) is 16.4. The lowest BCUT2D eigenvalue weighted by Gasteiger charge is -2.25. The molecule has 1 saturated heterocycles. The van der Waals surface area contributed by atoms with Crippen LogP contribution in [0.5, 0.6) is 11.5 Å². The van der Waals surface area contributed by atoms with Crippen LogP contribution >= 0.6 is 11.3 Å². The molecule has 3 heterocycles. The molecular formula is C21H24N4O3S. The third kappa shape index (κ3) is 3.63. The minimum atomic E-state index is 0.104. The quantitative estimate of drug-likeness (QED) is 0.664. The van der Waals surface area contributed by atoms with Crippen LogP contribution in [0.15, 0.2) is 18.2 Å². The number of anilines is 2. The highest BCUT2D eigenvalue weighted by Gasteiger charge is 2.23. The van der Waals surface area contributed by atoms with E-state index in [1.165, 1.54) is 16.9 Å². The number of hydrogen-bond acceptors (Lipinski definition) is 8. The van der Waals surface area contributed by atoms with Gasteiger partial charge < -0.3 is 19.9 Å². The van der Waals surface area contributed by atoms with Gasteiger partial charge in [0.15, 0.2) is 11.5 Å². The normalized spacial score (nSPS) is 16.9. The maximum Gasteiger partial charge on any atom is 0.160 e. The topological polar surface area (TPSA) is 79.7 Å². The number of rotatable bonds is 5. The number of aromatic hydroxyl groups is 1. The molecule has 1 fully saturated rings. The molecule has 1 aliphatic heterocycles. The Balaban J connectivity index is 1.53. The summed E-state index contributed by atoms with van der Waals surface area (Å²) in [7, 11) is 1.54. The van der Waals surface area contributed by atoms with Gasteiger partial charge in [0.2, 0.25) is 0 Å². The van der Waals surface area contributed by atoms with E-state index in [9.17, 15) is 5.11 Å². The third-order valence-corrected chi connectivity index (χ3v) is 6.71. The number of phenols is 1. The Morgan fingerprint density at radius 1 is 1.24 bits per heavy atom. The van der Waals surface area contributed by atoms with Crippen molar-refractivity contribution >= 4 is 33.1 Å². The molecule has 2 N–H and O–H groups in total. The van der Waals surface area contributed by atoms with E-state index in [4.69, 9.17) is 19.4 Å². The van der Waals surface area contributed by atoms with Gasteiger partial charge in [0, 0.05) is 29.7 Å². The maximum absolute atomic E-state index is 10.2. The molecular weight excluding hydrogens is 388 g/mol. The van der Waals surface area contributed by atoms with Gasteiger partial charge in [0.1, 0.15) is 16.5 Å². The van der Waals surface area contributed by atoms with Crippen LogP contribution in [0.1, 0.15) is 22.7 Å². The summed E-state index contributed by atoms with van der Waals surface area (Å²) in [6.45, 7) is 4.02. The van der Waals surface area contributed by atoms with Crippen molar-refractivity contribution in [1.29, 1.82) is 0 Å². The Kier molecular flexibility index (Phi) is 4.99. The van der Waals surface area contributed by atoms with Crippen LogP contribution in [-0.2, 0) is 24.1 Å². The molecule has 0 radical (unpaired) electrons. The summed E-state index contributed by atoms with van der Waals surface area (Å²) in [4.78, 5) is 14.6. The molecule has 8 heteroatoms. The average Bonchev–Trinajstić information content (AvgIpc) is 3.30. The Morgan fingerprint density at radius 3 is 2.90 bits per heavy atom. The lowest BCUT2D eigenvalue weighted by atomic mass is 10.2. The molecule has 5 rings (SSSR count). The highest BCUT2D eigenvalue weighted by molar-refractivity contribution is 7.19. The number of nitrogens with one attached hydrogen (secondary N) is 1. The van der Waals surface area contributed by atoms with Crippen LogP contribution in [0.3, 0.4) is 0 Å². The Bertz CT molecular complexity index is 1050. The molecule has 152 valence electrons. The summed E-state index contributed by atoms with van der Waals surface area (Å²) < 4.78 is 10.6. The minimum absolute atomic E-state index is 0.104. The zero-order chi connectivity index (χ0) is 19.8. The number of thiophene rings is 1. The van der Waals surface area contributed by atoms with Crippen molar-refractivity contribution < 1.29 is 14.6 Å². The SMILES string of the molecule is COc1ccc(Nc2nc(CN3CCOCC3)nc3sc4c(c23)CCC4)cc1O. The van der Waals surface area contributed by atoms with Crippen molar-refractivity contribution in [2.75, 3.05) is 38.7 Å². The largest absolute Gasteiger partial charge is 0.504 e. The van der Waals surface area contributed by atoms with Crippen molar-refractivity contribution in [3.63, 3.8) is 0 Å². The van der Waals surface area contributed by atoms with Crippen molar-refractivity contribution in [3.05, 3.63) is 34.5 Å². The highest BCUT2D eigenvalue weighted by atomic mass is 32.1. The number of methoxy groups -OCH3 is 1. The van der Waals surface area contributed by atoms with Gasteiger partial charge in [0.05, 0.1) is 32.3 Å². The fourth-order valence-corrected chi connectivity index (χ4v) is 5.34. The molecule has 0 bridgehead atoms. The van der Waals surface area contributed by atoms with Crippen molar-refractivity contribution in [2.45, 2.75) is 25.8 Å². The molecule has 2 aromatic heterocycles. The van der Waals surface area contributed by atoms with Gasteiger partial charge in [-0.25, -0.2) is 9.97 Å². The number of ether oxygens (including phenoxy) is 2. The second-order valence-electron chi connectivity index (χ2n) is 7.43. The van der Waals surface area contributed by atoms with Crippen LogP contribution < -0.4 is 10.1 Å². The number of morpholine rings is 1. The molecule has 0 saturated carbocycles. The molecule has 0 unspecified atom stereocenters. The molecule has 0 spiro atoms. The first-order chi connectivity index (χ1) is 14.2. The van der Waals surface area contributed by atoms with E-state index in [1.807, 2.05) is 6.07 Å². The van der Waals surface area contributed by atoms with Crippen molar-refractivity contribution in [1.82, 2.24) is 14.9 Å².